The zero-order valence-electron chi connectivity index (χ0n) is 22.6. The Morgan fingerprint density at radius 1 is 0.875 bits per heavy atom. The topological polar surface area (TPSA) is 73.3 Å². The quantitative estimate of drug-likeness (QED) is 0.242. The molecule has 1 N–H and O–H groups in total. The second kappa shape index (κ2) is 11.9. The van der Waals surface area contributed by atoms with Gasteiger partial charge in [0.2, 0.25) is 0 Å². The molecule has 0 spiro atoms. The van der Waals surface area contributed by atoms with Crippen molar-refractivity contribution in [1.82, 2.24) is 0 Å². The average Bonchev–Trinajstić information content (AvgIpc) is 3.41. The van der Waals surface area contributed by atoms with Gasteiger partial charge in [-0.25, -0.2) is 0 Å². The minimum absolute atomic E-state index is 0.249. The second-order valence-electron chi connectivity index (χ2n) is 9.92. The van der Waals surface area contributed by atoms with Gasteiger partial charge in [0.15, 0.2) is 6.23 Å². The fourth-order valence-electron chi connectivity index (χ4n) is 5.31. The molecular formula is C30H33Cl2N3O4S. The highest BCUT2D eigenvalue weighted by atomic mass is 35.5. The molecule has 0 amide bonds. The summed E-state index contributed by atoms with van der Waals surface area (Å²) in [6.45, 7) is 6.13. The molecule has 3 aromatic rings. The molecule has 0 radical (unpaired) electrons. The number of nitrogens with zero attached hydrogens (tertiary/aromatic N) is 3. The maximum Gasteiger partial charge on any atom is 0.264 e. The Balaban J connectivity index is 1.55. The normalized spacial score (nSPS) is 17.4. The summed E-state index contributed by atoms with van der Waals surface area (Å²) in [4.78, 5) is 6.52. The molecule has 2 aliphatic rings. The minimum atomic E-state index is -4.08. The van der Waals surface area contributed by atoms with E-state index in [0.717, 1.165) is 59.1 Å². The molecule has 7 nitrogen and oxygen atoms in total. The van der Waals surface area contributed by atoms with Gasteiger partial charge in [0.05, 0.1) is 32.9 Å². The molecule has 3 aromatic carbocycles. The van der Waals surface area contributed by atoms with E-state index < -0.39 is 16.3 Å². The lowest BCUT2D eigenvalue weighted by atomic mass is 10.0. The summed E-state index contributed by atoms with van der Waals surface area (Å²) in [6, 6.07) is 20.0. The van der Waals surface area contributed by atoms with Crippen molar-refractivity contribution in [1.29, 1.82) is 0 Å². The number of unbranched alkanes of at least 4 members (excludes halogenated alkanes) is 1. The van der Waals surface area contributed by atoms with E-state index in [0.29, 0.717) is 23.1 Å². The SMILES string of the molecule is CCCCN1/C(=C/C2Oc3ccc(-c4ccccc4)cc3N2CCCS(=O)(=O)O)N(CC)c2cc(Cl)c(Cl)cc21. The Bertz CT molecular complexity index is 1510. The summed E-state index contributed by atoms with van der Waals surface area (Å²) in [5.74, 6) is 1.36. The number of benzene rings is 3. The first-order chi connectivity index (χ1) is 19.2. The van der Waals surface area contributed by atoms with Gasteiger partial charge in [-0.05, 0) is 55.2 Å². The van der Waals surface area contributed by atoms with Crippen molar-refractivity contribution in [2.24, 2.45) is 0 Å². The molecule has 1 unspecified atom stereocenters. The predicted molar refractivity (Wildman–Crippen MR) is 164 cm³/mol. The van der Waals surface area contributed by atoms with Crippen LogP contribution in [0.2, 0.25) is 10.0 Å². The molecule has 2 heterocycles. The average molecular weight is 603 g/mol. The summed E-state index contributed by atoms with van der Waals surface area (Å²) in [5, 5.41) is 1.00. The highest BCUT2D eigenvalue weighted by molar-refractivity contribution is 7.85. The first kappa shape index (κ1) is 28.6. The molecule has 1 atom stereocenters. The fraction of sp³-hybridized carbons (Fsp3) is 0.333. The molecule has 0 saturated carbocycles. The van der Waals surface area contributed by atoms with Gasteiger partial charge < -0.3 is 19.4 Å². The van der Waals surface area contributed by atoms with Crippen molar-refractivity contribution in [2.75, 3.05) is 40.1 Å². The van der Waals surface area contributed by atoms with E-state index >= 15 is 0 Å². The molecule has 0 aromatic heterocycles. The number of rotatable bonds is 10. The van der Waals surface area contributed by atoms with Gasteiger partial charge in [-0.2, -0.15) is 8.42 Å². The lowest BCUT2D eigenvalue weighted by molar-refractivity contribution is 0.271. The van der Waals surface area contributed by atoms with Crippen LogP contribution >= 0.6 is 23.2 Å². The molecule has 10 heteroatoms. The van der Waals surface area contributed by atoms with Crippen molar-refractivity contribution < 1.29 is 17.7 Å². The summed E-state index contributed by atoms with van der Waals surface area (Å²) in [5.41, 5.74) is 4.97. The first-order valence-corrected chi connectivity index (χ1v) is 15.9. The van der Waals surface area contributed by atoms with Crippen LogP contribution in [0.15, 0.2) is 72.6 Å². The molecule has 0 fully saturated rings. The van der Waals surface area contributed by atoms with Crippen LogP contribution in [0.1, 0.15) is 33.1 Å². The Morgan fingerprint density at radius 3 is 2.23 bits per heavy atom. The molecule has 212 valence electrons. The van der Waals surface area contributed by atoms with Gasteiger partial charge in [0.1, 0.15) is 11.6 Å². The van der Waals surface area contributed by atoms with Gasteiger partial charge >= 0.3 is 0 Å². The van der Waals surface area contributed by atoms with E-state index in [9.17, 15) is 13.0 Å². The fourth-order valence-corrected chi connectivity index (χ4v) is 6.12. The van der Waals surface area contributed by atoms with Crippen molar-refractivity contribution in [3.8, 4) is 16.9 Å². The van der Waals surface area contributed by atoms with Gasteiger partial charge in [0.25, 0.3) is 10.1 Å². The number of ether oxygens (including phenoxy) is 1. The lowest BCUT2D eigenvalue weighted by Crippen LogP contribution is -2.38. The summed E-state index contributed by atoms with van der Waals surface area (Å²) in [7, 11) is -4.08. The molecule has 0 aliphatic carbocycles. The second-order valence-corrected chi connectivity index (χ2v) is 12.3. The molecular weight excluding hydrogens is 569 g/mol. The summed E-state index contributed by atoms with van der Waals surface area (Å²) >= 11 is 12.9. The Labute approximate surface area is 246 Å². The monoisotopic (exact) mass is 601 g/mol. The molecule has 5 rings (SSSR count). The van der Waals surface area contributed by atoms with Crippen LogP contribution in [0.5, 0.6) is 5.75 Å². The van der Waals surface area contributed by atoms with Crippen LogP contribution in [0.4, 0.5) is 17.1 Å². The summed E-state index contributed by atoms with van der Waals surface area (Å²) < 4.78 is 38.9. The molecule has 0 bridgehead atoms. The van der Waals surface area contributed by atoms with E-state index in [4.69, 9.17) is 27.9 Å². The number of hydrogen-bond acceptors (Lipinski definition) is 6. The van der Waals surface area contributed by atoms with Gasteiger partial charge in [-0.15, -0.1) is 0 Å². The first-order valence-electron chi connectivity index (χ1n) is 13.5. The van der Waals surface area contributed by atoms with Crippen LogP contribution in [-0.2, 0) is 10.1 Å². The van der Waals surface area contributed by atoms with E-state index in [1.54, 1.807) is 0 Å². The van der Waals surface area contributed by atoms with Crippen molar-refractivity contribution >= 4 is 50.4 Å². The van der Waals surface area contributed by atoms with Crippen molar-refractivity contribution in [3.63, 3.8) is 0 Å². The minimum Gasteiger partial charge on any atom is -0.465 e. The van der Waals surface area contributed by atoms with Crippen LogP contribution in [0.3, 0.4) is 0 Å². The zero-order valence-corrected chi connectivity index (χ0v) is 24.9. The Kier molecular flexibility index (Phi) is 8.52. The van der Waals surface area contributed by atoms with E-state index in [2.05, 4.69) is 52.8 Å². The number of hydrogen-bond donors (Lipinski definition) is 1. The van der Waals surface area contributed by atoms with E-state index in [1.165, 1.54) is 0 Å². The maximum absolute atomic E-state index is 11.5. The third-order valence-corrected chi connectivity index (χ3v) is 8.75. The Morgan fingerprint density at radius 2 is 1.57 bits per heavy atom. The third kappa shape index (κ3) is 5.91. The third-order valence-electron chi connectivity index (χ3n) is 7.23. The standard InChI is InChI=1S/C30H33Cl2N3O4S/c1-3-5-14-34-26-19-24(32)23(31)18-25(26)33(4-2)29(34)20-30-35(15-9-16-40(36,37)38)27-17-22(12-13-28(27)39-30)21-10-7-6-8-11-21/h6-8,10-13,17-20,30H,3-5,9,14-16H2,1-2H3,(H,36,37,38)/b29-20+. The number of fused-ring (bicyclic) bond motifs is 2. The number of anilines is 3. The van der Waals surface area contributed by atoms with E-state index in [-0.39, 0.29) is 12.2 Å². The smallest absolute Gasteiger partial charge is 0.264 e. The highest BCUT2D eigenvalue weighted by Crippen LogP contribution is 2.47. The molecule has 0 saturated heterocycles. The Hall–Kier alpha value is -2.91. The number of halogens is 2. The van der Waals surface area contributed by atoms with E-state index in [1.807, 2.05) is 42.5 Å². The maximum atomic E-state index is 11.5. The van der Waals surface area contributed by atoms with Gasteiger partial charge in [-0.3, -0.25) is 4.55 Å². The highest BCUT2D eigenvalue weighted by Gasteiger charge is 2.36. The van der Waals surface area contributed by atoms with Crippen LogP contribution in [-0.4, -0.2) is 44.6 Å². The molecule has 40 heavy (non-hydrogen) atoms. The van der Waals surface area contributed by atoms with Crippen LogP contribution in [0.25, 0.3) is 11.1 Å². The van der Waals surface area contributed by atoms with Gasteiger partial charge in [0, 0.05) is 25.7 Å². The van der Waals surface area contributed by atoms with Crippen molar-refractivity contribution in [2.45, 2.75) is 39.3 Å². The van der Waals surface area contributed by atoms with Crippen molar-refractivity contribution in [3.05, 3.63) is 82.6 Å². The largest absolute Gasteiger partial charge is 0.465 e. The van der Waals surface area contributed by atoms with Crippen LogP contribution < -0.4 is 19.4 Å². The zero-order chi connectivity index (χ0) is 28.4. The lowest BCUT2D eigenvalue weighted by Gasteiger charge is -2.28. The molecule has 2 aliphatic heterocycles. The predicted octanol–water partition coefficient (Wildman–Crippen LogP) is 7.45. The van der Waals surface area contributed by atoms with Crippen LogP contribution in [0, 0.1) is 0 Å². The summed E-state index contributed by atoms with van der Waals surface area (Å²) in [6.07, 6.45) is 3.85. The van der Waals surface area contributed by atoms with Gasteiger partial charge in [-0.1, -0.05) is 72.9 Å².